The molecule has 3 atom stereocenters. The summed E-state index contributed by atoms with van der Waals surface area (Å²) in [5, 5.41) is 23.3. The molecule has 2 heterocycles. The Balaban J connectivity index is 0.980. The third-order valence-corrected chi connectivity index (χ3v) is 12.6. The van der Waals surface area contributed by atoms with Crippen LogP contribution in [0.5, 0.6) is 11.5 Å². The summed E-state index contributed by atoms with van der Waals surface area (Å²) >= 11 is 12.2. The fraction of sp³-hybridized carbons (Fsp3) is 0.292. The normalized spacial score (nSPS) is 18.4. The first-order chi connectivity index (χ1) is 29.0. The standard InChI is InChI=1S/C48H44Cl2N4O6/c1-53-42-23-35-24-43(46(55)52-41(48(57)58)22-29-7-12-32(13-8-29)33-14-9-30(26-51)10-15-33)54(37-5-3-2-4-6-37)27-36(35)25-44(42)60-45(47(53)56)34-16-18-38(19-17-34)59-28-31-11-20-39(49)40(50)21-31/h7-21,23,25,37,41,43,45H,2-6,22,24,27-28H2,1H3,(H,52,55)(H,57,58)/t41-,43-,45?/m0/s1. The molecule has 0 bridgehead atoms. The zero-order valence-electron chi connectivity index (χ0n) is 33.1. The minimum atomic E-state index is -1.13. The zero-order chi connectivity index (χ0) is 41.9. The number of fused-ring (bicyclic) bond motifs is 2. The summed E-state index contributed by atoms with van der Waals surface area (Å²) in [5.74, 6) is -0.442. The Hall–Kier alpha value is -5.86. The molecule has 0 saturated heterocycles. The summed E-state index contributed by atoms with van der Waals surface area (Å²) in [6, 6.07) is 32.0. The highest BCUT2D eigenvalue weighted by Crippen LogP contribution is 2.43. The van der Waals surface area contributed by atoms with Crippen LogP contribution in [0.1, 0.15) is 71.6 Å². The van der Waals surface area contributed by atoms with Gasteiger partial charge in [0.15, 0.2) is 0 Å². The number of hydrogen-bond acceptors (Lipinski definition) is 7. The molecular formula is C48H44Cl2N4O6. The van der Waals surface area contributed by atoms with Crippen LogP contribution in [0, 0.1) is 11.3 Å². The number of anilines is 1. The van der Waals surface area contributed by atoms with Gasteiger partial charge < -0.3 is 24.8 Å². The maximum absolute atomic E-state index is 14.3. The van der Waals surface area contributed by atoms with Crippen molar-refractivity contribution in [3.8, 4) is 28.7 Å². The highest BCUT2D eigenvalue weighted by Gasteiger charge is 2.40. The second kappa shape index (κ2) is 17.8. The lowest BCUT2D eigenvalue weighted by Crippen LogP contribution is -2.57. The van der Waals surface area contributed by atoms with E-state index in [4.69, 9.17) is 37.9 Å². The van der Waals surface area contributed by atoms with E-state index in [-0.39, 0.29) is 24.3 Å². The van der Waals surface area contributed by atoms with Crippen LogP contribution in [0.15, 0.2) is 103 Å². The van der Waals surface area contributed by atoms with Crippen molar-refractivity contribution in [2.45, 2.75) is 82.3 Å². The Bertz CT molecular complexity index is 2450. The first-order valence-corrected chi connectivity index (χ1v) is 21.0. The number of nitrogens with one attached hydrogen (secondary N) is 1. The second-order valence-electron chi connectivity index (χ2n) is 15.8. The monoisotopic (exact) mass is 842 g/mol. The van der Waals surface area contributed by atoms with Gasteiger partial charge in [0.25, 0.3) is 5.91 Å². The van der Waals surface area contributed by atoms with Gasteiger partial charge in [0.2, 0.25) is 12.0 Å². The Morgan fingerprint density at radius 1 is 0.883 bits per heavy atom. The molecule has 10 nitrogen and oxygen atoms in total. The van der Waals surface area contributed by atoms with Crippen molar-refractivity contribution in [3.63, 3.8) is 0 Å². The van der Waals surface area contributed by atoms with Gasteiger partial charge >= 0.3 is 5.97 Å². The van der Waals surface area contributed by atoms with Crippen LogP contribution in [-0.4, -0.2) is 53.0 Å². The number of aliphatic carboxylic acids is 1. The third kappa shape index (κ3) is 8.85. The quantitative estimate of drug-likeness (QED) is 0.135. The molecule has 60 heavy (non-hydrogen) atoms. The van der Waals surface area contributed by atoms with E-state index >= 15 is 0 Å². The van der Waals surface area contributed by atoms with Gasteiger partial charge in [0, 0.05) is 31.6 Å². The van der Waals surface area contributed by atoms with Crippen molar-refractivity contribution in [3.05, 3.63) is 147 Å². The minimum absolute atomic E-state index is 0.120. The number of carboxylic acid groups (broad SMARTS) is 1. The van der Waals surface area contributed by atoms with Crippen molar-refractivity contribution in [2.75, 3.05) is 11.9 Å². The molecule has 1 saturated carbocycles. The number of carboxylic acids is 1. The fourth-order valence-electron chi connectivity index (χ4n) is 8.51. The zero-order valence-corrected chi connectivity index (χ0v) is 34.6. The van der Waals surface area contributed by atoms with E-state index in [2.05, 4.69) is 16.3 Å². The smallest absolute Gasteiger partial charge is 0.326 e. The Kier molecular flexibility index (Phi) is 12.1. The van der Waals surface area contributed by atoms with Crippen molar-refractivity contribution in [1.29, 1.82) is 5.26 Å². The molecule has 0 aromatic heterocycles. The maximum Gasteiger partial charge on any atom is 0.326 e. The number of carbonyl (C=O) groups excluding carboxylic acids is 2. The molecule has 1 fully saturated rings. The van der Waals surface area contributed by atoms with Gasteiger partial charge in [-0.3, -0.25) is 14.5 Å². The van der Waals surface area contributed by atoms with E-state index in [1.165, 1.54) is 0 Å². The van der Waals surface area contributed by atoms with Crippen molar-refractivity contribution < 1.29 is 29.0 Å². The lowest BCUT2D eigenvalue weighted by molar-refractivity contribution is -0.143. The highest BCUT2D eigenvalue weighted by atomic mass is 35.5. The van der Waals surface area contributed by atoms with E-state index < -0.39 is 24.2 Å². The molecule has 3 aliphatic rings. The average molecular weight is 844 g/mol. The maximum atomic E-state index is 14.3. The molecule has 1 unspecified atom stereocenters. The Labute approximate surface area is 359 Å². The van der Waals surface area contributed by atoms with Crippen LogP contribution in [0.3, 0.4) is 0 Å². The van der Waals surface area contributed by atoms with E-state index in [0.717, 1.165) is 65.5 Å². The number of nitriles is 1. The second-order valence-corrected chi connectivity index (χ2v) is 16.6. The third-order valence-electron chi connectivity index (χ3n) is 11.9. The molecule has 0 radical (unpaired) electrons. The van der Waals surface area contributed by atoms with Gasteiger partial charge in [-0.05, 0) is 101 Å². The van der Waals surface area contributed by atoms with E-state index in [9.17, 15) is 19.5 Å². The molecule has 8 rings (SSSR count). The van der Waals surface area contributed by atoms with Crippen LogP contribution >= 0.6 is 23.2 Å². The molecule has 0 spiro atoms. The van der Waals surface area contributed by atoms with Crippen molar-refractivity contribution in [2.24, 2.45) is 0 Å². The SMILES string of the molecule is CN1C(=O)C(c2ccc(OCc3ccc(Cl)c(Cl)c3)cc2)Oc2cc3c(cc21)C[C@@H](C(=O)N[C@@H](Cc1ccc(-c2ccc(C#N)cc2)cc1)C(=O)O)N(C1CCCCC1)C3. The fourth-order valence-corrected chi connectivity index (χ4v) is 8.83. The summed E-state index contributed by atoms with van der Waals surface area (Å²) < 4.78 is 12.4. The van der Waals surface area contributed by atoms with Crippen LogP contribution in [0.4, 0.5) is 5.69 Å². The number of ether oxygens (including phenoxy) is 2. The highest BCUT2D eigenvalue weighted by molar-refractivity contribution is 6.42. The number of rotatable bonds is 11. The summed E-state index contributed by atoms with van der Waals surface area (Å²) in [5.41, 5.74) is 7.37. The van der Waals surface area contributed by atoms with Crippen LogP contribution in [-0.2, 0) is 40.4 Å². The molecule has 12 heteroatoms. The predicted octanol–water partition coefficient (Wildman–Crippen LogP) is 9.08. The molecule has 5 aromatic rings. The molecule has 2 amide bonds. The summed E-state index contributed by atoms with van der Waals surface area (Å²) in [6.45, 7) is 0.796. The van der Waals surface area contributed by atoms with Crippen LogP contribution in [0.2, 0.25) is 10.0 Å². The molecule has 1 aliphatic carbocycles. The molecular weight excluding hydrogens is 799 g/mol. The number of nitrogens with zero attached hydrogens (tertiary/aromatic N) is 3. The number of amides is 2. The van der Waals surface area contributed by atoms with Gasteiger partial charge in [-0.2, -0.15) is 5.26 Å². The van der Waals surface area contributed by atoms with E-state index in [1.54, 1.807) is 36.2 Å². The van der Waals surface area contributed by atoms with Gasteiger partial charge in [-0.15, -0.1) is 0 Å². The molecule has 5 aromatic carbocycles. The lowest BCUT2D eigenvalue weighted by atomic mass is 9.86. The average Bonchev–Trinajstić information content (AvgIpc) is 3.27. The van der Waals surface area contributed by atoms with Gasteiger partial charge in [-0.25, -0.2) is 4.79 Å². The lowest BCUT2D eigenvalue weighted by Gasteiger charge is -2.43. The number of benzene rings is 5. The minimum Gasteiger partial charge on any atom is -0.489 e. The number of likely N-dealkylation sites (N-methyl/N-ethyl adjacent to an activating group) is 1. The predicted molar refractivity (Wildman–Crippen MR) is 230 cm³/mol. The summed E-state index contributed by atoms with van der Waals surface area (Å²) in [6.07, 6.45) is 4.83. The Morgan fingerprint density at radius 2 is 1.57 bits per heavy atom. The molecule has 2 aliphatic heterocycles. The number of carbonyl (C=O) groups is 3. The molecule has 2 N–H and O–H groups in total. The number of hydrogen-bond donors (Lipinski definition) is 2. The first-order valence-electron chi connectivity index (χ1n) is 20.2. The largest absolute Gasteiger partial charge is 0.489 e. The van der Waals surface area contributed by atoms with Gasteiger partial charge in [0.05, 0.1) is 33.4 Å². The van der Waals surface area contributed by atoms with Gasteiger partial charge in [-0.1, -0.05) is 97.1 Å². The van der Waals surface area contributed by atoms with Crippen molar-refractivity contribution >= 4 is 46.7 Å². The van der Waals surface area contributed by atoms with Crippen molar-refractivity contribution in [1.82, 2.24) is 10.2 Å². The van der Waals surface area contributed by atoms with Crippen LogP contribution in [0.25, 0.3) is 11.1 Å². The first kappa shape index (κ1) is 40.9. The summed E-state index contributed by atoms with van der Waals surface area (Å²) in [4.78, 5) is 44.5. The topological polar surface area (TPSA) is 132 Å². The Morgan fingerprint density at radius 3 is 2.23 bits per heavy atom. The van der Waals surface area contributed by atoms with E-state index in [0.29, 0.717) is 57.9 Å². The van der Waals surface area contributed by atoms with E-state index in [1.807, 2.05) is 78.9 Å². The molecule has 306 valence electrons. The summed E-state index contributed by atoms with van der Waals surface area (Å²) in [7, 11) is 1.73. The van der Waals surface area contributed by atoms with Gasteiger partial charge in [0.1, 0.15) is 24.1 Å². The number of halogens is 2. The van der Waals surface area contributed by atoms with Crippen LogP contribution < -0.4 is 19.7 Å².